The zero-order valence-corrected chi connectivity index (χ0v) is 13.6. The molecule has 0 aliphatic rings. The summed E-state index contributed by atoms with van der Waals surface area (Å²) in [4.78, 5) is 12.2. The van der Waals surface area contributed by atoms with Crippen LogP contribution in [0.3, 0.4) is 0 Å². The summed E-state index contributed by atoms with van der Waals surface area (Å²) in [6.45, 7) is 1.80. The van der Waals surface area contributed by atoms with Gasteiger partial charge in [0.1, 0.15) is 0 Å². The summed E-state index contributed by atoms with van der Waals surface area (Å²) in [6.07, 6.45) is -3.86. The summed E-state index contributed by atoms with van der Waals surface area (Å²) < 4.78 is 45.9. The van der Waals surface area contributed by atoms with E-state index in [1.54, 1.807) is 6.92 Å². The maximum Gasteiger partial charge on any atom is 0.434 e. The van der Waals surface area contributed by atoms with Crippen LogP contribution in [-0.4, -0.2) is 35.4 Å². The second-order valence-corrected chi connectivity index (χ2v) is 5.56. The number of amides is 1. The van der Waals surface area contributed by atoms with Gasteiger partial charge in [0.05, 0.1) is 24.1 Å². The van der Waals surface area contributed by atoms with Gasteiger partial charge >= 0.3 is 6.18 Å². The summed E-state index contributed by atoms with van der Waals surface area (Å²) in [5, 5.41) is 6.54. The number of ether oxygens (including phenoxy) is 1. The third-order valence-electron chi connectivity index (χ3n) is 3.15. The minimum absolute atomic E-state index is 0.149. The minimum Gasteiger partial charge on any atom is -0.383 e. The number of hydrogen-bond acceptors (Lipinski definition) is 3. The highest BCUT2D eigenvalue weighted by Crippen LogP contribution is 2.33. The highest BCUT2D eigenvalue weighted by atomic mass is 35.5. The number of carbonyl (C=O) groups is 1. The number of methoxy groups -OCH3 is 1. The fourth-order valence-corrected chi connectivity index (χ4v) is 2.28. The van der Waals surface area contributed by atoms with Crippen molar-refractivity contribution in [1.82, 2.24) is 15.1 Å². The van der Waals surface area contributed by atoms with E-state index in [0.717, 1.165) is 6.20 Å². The molecule has 1 amide bonds. The lowest BCUT2D eigenvalue weighted by Gasteiger charge is -2.15. The topological polar surface area (TPSA) is 56.1 Å². The van der Waals surface area contributed by atoms with Crippen molar-refractivity contribution in [2.75, 3.05) is 13.7 Å². The monoisotopic (exact) mass is 361 g/mol. The average molecular weight is 362 g/mol. The Morgan fingerprint density at radius 3 is 2.54 bits per heavy atom. The first-order valence-electron chi connectivity index (χ1n) is 6.95. The van der Waals surface area contributed by atoms with E-state index < -0.39 is 29.4 Å². The molecule has 24 heavy (non-hydrogen) atoms. The van der Waals surface area contributed by atoms with E-state index in [1.807, 2.05) is 0 Å². The van der Waals surface area contributed by atoms with Crippen LogP contribution in [0, 0.1) is 0 Å². The maximum absolute atomic E-state index is 13.5. The highest BCUT2D eigenvalue weighted by Gasteiger charge is 2.40. The molecular formula is C15H15ClF3N3O2. The summed E-state index contributed by atoms with van der Waals surface area (Å²) in [6, 6.07) is 5.22. The number of hydrogen-bond donors (Lipinski definition) is 1. The predicted octanol–water partition coefficient (Wildman–Crippen LogP) is 3.31. The molecule has 1 aromatic carbocycles. The largest absolute Gasteiger partial charge is 0.434 e. The summed E-state index contributed by atoms with van der Waals surface area (Å²) in [7, 11) is 1.43. The van der Waals surface area contributed by atoms with E-state index in [0.29, 0.717) is 9.70 Å². The molecule has 1 aromatic heterocycles. The molecule has 0 radical (unpaired) electrons. The van der Waals surface area contributed by atoms with Crippen molar-refractivity contribution in [2.24, 2.45) is 0 Å². The van der Waals surface area contributed by atoms with Crippen LogP contribution in [0.5, 0.6) is 0 Å². The lowest BCUT2D eigenvalue weighted by atomic mass is 10.2. The molecule has 0 unspecified atom stereocenters. The van der Waals surface area contributed by atoms with Crippen LogP contribution in [0.1, 0.15) is 23.0 Å². The predicted molar refractivity (Wildman–Crippen MR) is 82.4 cm³/mol. The highest BCUT2D eigenvalue weighted by molar-refractivity contribution is 6.30. The van der Waals surface area contributed by atoms with E-state index in [1.165, 1.54) is 31.4 Å². The number of nitrogens with one attached hydrogen (secondary N) is 1. The van der Waals surface area contributed by atoms with Crippen LogP contribution in [-0.2, 0) is 10.9 Å². The Balaban J connectivity index is 2.43. The van der Waals surface area contributed by atoms with E-state index in [4.69, 9.17) is 16.3 Å². The van der Waals surface area contributed by atoms with Gasteiger partial charge < -0.3 is 10.1 Å². The molecule has 1 atom stereocenters. The average Bonchev–Trinajstić information content (AvgIpc) is 2.93. The summed E-state index contributed by atoms with van der Waals surface area (Å²) in [5.41, 5.74) is -1.55. The Bertz CT molecular complexity index is 714. The Kier molecular flexibility index (Phi) is 5.51. The first-order valence-corrected chi connectivity index (χ1v) is 7.32. The molecule has 0 aliphatic carbocycles. The number of benzene rings is 1. The summed E-state index contributed by atoms with van der Waals surface area (Å²) in [5.74, 6) is -0.868. The lowest BCUT2D eigenvalue weighted by molar-refractivity contribution is -0.143. The molecule has 0 spiro atoms. The fraction of sp³-hybridized carbons (Fsp3) is 0.333. The quantitative estimate of drug-likeness (QED) is 0.889. The lowest BCUT2D eigenvalue weighted by Crippen LogP contribution is -2.36. The van der Waals surface area contributed by atoms with Crippen molar-refractivity contribution >= 4 is 17.5 Å². The van der Waals surface area contributed by atoms with Crippen molar-refractivity contribution in [1.29, 1.82) is 0 Å². The number of nitrogens with zero attached hydrogens (tertiary/aromatic N) is 2. The van der Waals surface area contributed by atoms with Crippen molar-refractivity contribution in [2.45, 2.75) is 19.1 Å². The number of carbonyl (C=O) groups excluding carboxylic acids is 1. The number of halogens is 4. The van der Waals surface area contributed by atoms with Crippen LogP contribution in [0.2, 0.25) is 5.02 Å². The molecular weight excluding hydrogens is 347 g/mol. The molecule has 1 heterocycles. The Hall–Kier alpha value is -2.06. The number of aromatic nitrogens is 2. The van der Waals surface area contributed by atoms with Crippen molar-refractivity contribution in [3.63, 3.8) is 0 Å². The maximum atomic E-state index is 13.5. The van der Waals surface area contributed by atoms with Crippen molar-refractivity contribution < 1.29 is 22.7 Å². The van der Waals surface area contributed by atoms with Gasteiger partial charge in [-0.15, -0.1) is 0 Å². The third kappa shape index (κ3) is 4.07. The summed E-state index contributed by atoms with van der Waals surface area (Å²) >= 11 is 5.74. The molecule has 130 valence electrons. The fourth-order valence-electron chi connectivity index (χ4n) is 2.16. The molecule has 9 heteroatoms. The second kappa shape index (κ2) is 7.23. The van der Waals surface area contributed by atoms with Crippen LogP contribution >= 0.6 is 11.6 Å². The first-order chi connectivity index (χ1) is 11.2. The van der Waals surface area contributed by atoms with Gasteiger partial charge in [-0.2, -0.15) is 18.3 Å². The van der Waals surface area contributed by atoms with Crippen LogP contribution in [0.15, 0.2) is 30.5 Å². The van der Waals surface area contributed by atoms with Gasteiger partial charge in [-0.1, -0.05) is 11.6 Å². The van der Waals surface area contributed by atoms with Crippen molar-refractivity contribution in [3.05, 3.63) is 46.7 Å². The molecule has 2 rings (SSSR count). The molecule has 5 nitrogen and oxygen atoms in total. The van der Waals surface area contributed by atoms with E-state index >= 15 is 0 Å². The second-order valence-electron chi connectivity index (χ2n) is 5.12. The van der Waals surface area contributed by atoms with Gasteiger partial charge in [0.25, 0.3) is 5.91 Å². The van der Waals surface area contributed by atoms with Crippen LogP contribution < -0.4 is 5.32 Å². The van der Waals surface area contributed by atoms with Gasteiger partial charge in [0.2, 0.25) is 0 Å². The van der Waals surface area contributed by atoms with Gasteiger partial charge in [-0.05, 0) is 31.2 Å². The minimum atomic E-state index is -4.76. The molecule has 0 aliphatic heterocycles. The zero-order valence-electron chi connectivity index (χ0n) is 12.9. The van der Waals surface area contributed by atoms with Gasteiger partial charge in [-0.3, -0.25) is 4.79 Å². The molecule has 0 bridgehead atoms. The normalized spacial score (nSPS) is 12.9. The SMILES string of the molecule is COC[C@H](C)NC(=O)c1cnn(-c2ccc(Cl)cc2)c1C(F)(F)F. The smallest absolute Gasteiger partial charge is 0.383 e. The molecule has 0 fully saturated rings. The zero-order chi connectivity index (χ0) is 17.9. The van der Waals surface area contributed by atoms with Gasteiger partial charge in [-0.25, -0.2) is 4.68 Å². The van der Waals surface area contributed by atoms with Gasteiger partial charge in [0, 0.05) is 18.2 Å². The number of rotatable bonds is 5. The molecule has 1 N–H and O–H groups in total. The third-order valence-corrected chi connectivity index (χ3v) is 3.40. The Morgan fingerprint density at radius 2 is 2.00 bits per heavy atom. The van der Waals surface area contributed by atoms with E-state index in [-0.39, 0.29) is 12.3 Å². The van der Waals surface area contributed by atoms with Crippen molar-refractivity contribution in [3.8, 4) is 5.69 Å². The van der Waals surface area contributed by atoms with E-state index in [9.17, 15) is 18.0 Å². The molecule has 0 saturated carbocycles. The Morgan fingerprint density at radius 1 is 1.38 bits per heavy atom. The molecule has 0 saturated heterocycles. The standard InChI is InChI=1S/C15H15ClF3N3O2/c1-9(8-24-2)21-14(23)12-7-20-22(13(12)15(17,18)19)11-5-3-10(16)4-6-11/h3-7,9H,8H2,1-2H3,(H,21,23)/t9-/m0/s1. The Labute approximate surface area is 141 Å². The first kappa shape index (κ1) is 18.3. The van der Waals surface area contributed by atoms with Gasteiger partial charge in [0.15, 0.2) is 5.69 Å². The van der Waals surface area contributed by atoms with E-state index in [2.05, 4.69) is 10.4 Å². The van der Waals surface area contributed by atoms with Crippen LogP contribution in [0.4, 0.5) is 13.2 Å². The molecule has 2 aromatic rings. The van der Waals surface area contributed by atoms with Crippen LogP contribution in [0.25, 0.3) is 5.69 Å². The number of alkyl halides is 3.